The fourth-order valence-corrected chi connectivity index (χ4v) is 7.77. The Morgan fingerprint density at radius 3 is 1.90 bits per heavy atom. The minimum absolute atomic E-state index is 0.0951. The lowest BCUT2D eigenvalue weighted by molar-refractivity contribution is -0.137. The molecule has 0 aromatic carbocycles. The van der Waals surface area contributed by atoms with Crippen LogP contribution in [0.2, 0.25) is 12.2 Å². The summed E-state index contributed by atoms with van der Waals surface area (Å²) < 4.78 is 19.8. The van der Waals surface area contributed by atoms with Gasteiger partial charge in [0.1, 0.15) is 6.23 Å². The van der Waals surface area contributed by atoms with Gasteiger partial charge in [-0.05, 0) is 6.55 Å². The predicted molar refractivity (Wildman–Crippen MR) is 70.9 cm³/mol. The molecule has 0 heterocycles. The SMILES string of the molecule is CC(=O)O[SiH](C[Si](C)(COC=O)OC(C)=O)OC(C)=O. The Labute approximate surface area is 119 Å². The third kappa shape index (κ3) is 8.42. The van der Waals surface area contributed by atoms with E-state index in [2.05, 4.69) is 4.74 Å². The Morgan fingerprint density at radius 2 is 1.55 bits per heavy atom. The molecule has 0 aliphatic heterocycles. The quantitative estimate of drug-likeness (QED) is 0.444. The molecule has 0 rings (SSSR count). The summed E-state index contributed by atoms with van der Waals surface area (Å²) in [6, 6.07) is 0. The van der Waals surface area contributed by atoms with Crippen molar-refractivity contribution in [2.45, 2.75) is 33.0 Å². The van der Waals surface area contributed by atoms with Crippen LogP contribution in [0.15, 0.2) is 0 Å². The van der Waals surface area contributed by atoms with Crippen molar-refractivity contribution >= 4 is 42.0 Å². The van der Waals surface area contributed by atoms with Gasteiger partial charge in [-0.1, -0.05) is 0 Å². The lowest BCUT2D eigenvalue weighted by atomic mass is 10.9. The molecule has 10 heteroatoms. The summed E-state index contributed by atoms with van der Waals surface area (Å²) in [6.07, 6.45) is -0.0951. The van der Waals surface area contributed by atoms with E-state index in [1.807, 2.05) is 0 Å². The maximum Gasteiger partial charge on any atom is 0.448 e. The van der Waals surface area contributed by atoms with Crippen molar-refractivity contribution in [2.75, 3.05) is 6.23 Å². The van der Waals surface area contributed by atoms with E-state index in [9.17, 15) is 19.2 Å². The molecule has 0 radical (unpaired) electrons. The first-order valence-corrected chi connectivity index (χ1v) is 10.4. The number of rotatable bonds is 8. The second-order valence-electron chi connectivity index (χ2n) is 4.30. The highest BCUT2D eigenvalue weighted by molar-refractivity contribution is 6.83. The van der Waals surface area contributed by atoms with Crippen LogP contribution in [-0.4, -0.2) is 48.2 Å². The molecule has 0 fully saturated rings. The number of carbonyl (C=O) groups excluding carboxylic acids is 4. The van der Waals surface area contributed by atoms with Crippen molar-refractivity contribution < 1.29 is 37.2 Å². The van der Waals surface area contributed by atoms with Gasteiger partial charge in [0.05, 0.1) is 0 Å². The number of hydrogen-bond acceptors (Lipinski definition) is 8. The highest BCUT2D eigenvalue weighted by Gasteiger charge is 2.41. The number of carbonyl (C=O) groups is 4. The third-order valence-electron chi connectivity index (χ3n) is 2.04. The zero-order valence-corrected chi connectivity index (χ0v) is 14.0. The minimum Gasteiger partial charge on any atom is -0.516 e. The Morgan fingerprint density at radius 1 is 1.05 bits per heavy atom. The molecule has 0 spiro atoms. The van der Waals surface area contributed by atoms with Gasteiger partial charge < -0.3 is 18.0 Å². The molecule has 0 N–H and O–H groups in total. The Kier molecular flexibility index (Phi) is 7.76. The molecule has 0 saturated heterocycles. The van der Waals surface area contributed by atoms with Crippen LogP contribution in [0.3, 0.4) is 0 Å². The van der Waals surface area contributed by atoms with Crippen molar-refractivity contribution in [3.05, 3.63) is 0 Å². The maximum atomic E-state index is 11.1. The Hall–Kier alpha value is -1.69. The molecule has 8 nitrogen and oxygen atoms in total. The van der Waals surface area contributed by atoms with Gasteiger partial charge in [0, 0.05) is 26.4 Å². The molecule has 0 bridgehead atoms. The summed E-state index contributed by atoms with van der Waals surface area (Å²) in [6.45, 7) is 5.47. The van der Waals surface area contributed by atoms with E-state index in [1.54, 1.807) is 6.55 Å². The first-order chi connectivity index (χ1) is 9.18. The lowest BCUT2D eigenvalue weighted by Gasteiger charge is -2.27. The van der Waals surface area contributed by atoms with Gasteiger partial charge in [0.25, 0.3) is 32.7 Å². The van der Waals surface area contributed by atoms with Crippen molar-refractivity contribution in [3.63, 3.8) is 0 Å². The van der Waals surface area contributed by atoms with Crippen LogP contribution in [0.4, 0.5) is 0 Å². The van der Waals surface area contributed by atoms with Gasteiger partial charge in [-0.3, -0.25) is 19.2 Å². The van der Waals surface area contributed by atoms with E-state index >= 15 is 0 Å². The molecule has 20 heavy (non-hydrogen) atoms. The summed E-state index contributed by atoms with van der Waals surface area (Å²) in [5.74, 6) is -1.70. The second kappa shape index (κ2) is 8.48. The van der Waals surface area contributed by atoms with E-state index < -0.39 is 35.5 Å². The van der Waals surface area contributed by atoms with Gasteiger partial charge >= 0.3 is 9.28 Å². The predicted octanol–water partition coefficient (Wildman–Crippen LogP) is -0.277. The number of hydrogen-bond donors (Lipinski definition) is 0. The van der Waals surface area contributed by atoms with E-state index in [-0.39, 0.29) is 18.4 Å². The van der Waals surface area contributed by atoms with Crippen LogP contribution >= 0.6 is 0 Å². The van der Waals surface area contributed by atoms with E-state index in [1.165, 1.54) is 20.8 Å². The molecule has 0 aromatic heterocycles. The summed E-state index contributed by atoms with van der Waals surface area (Å²) >= 11 is 0. The van der Waals surface area contributed by atoms with Crippen molar-refractivity contribution in [3.8, 4) is 0 Å². The molecule has 0 amide bonds. The summed E-state index contributed by atoms with van der Waals surface area (Å²) in [7, 11) is -5.51. The standard InChI is InChI=1S/C10H18O8Si2/c1-8(12)16-19(17-9(2)13)7-20(4,6-15-5-11)18-10(3)14/h5,19H,6-7H2,1-4H3. The van der Waals surface area contributed by atoms with E-state index in [4.69, 9.17) is 13.3 Å². The summed E-state index contributed by atoms with van der Waals surface area (Å²) in [5.41, 5.74) is 0.111. The monoisotopic (exact) mass is 322 g/mol. The molecule has 114 valence electrons. The fourth-order valence-electron chi connectivity index (χ4n) is 1.52. The average molecular weight is 322 g/mol. The lowest BCUT2D eigenvalue weighted by Crippen LogP contribution is -2.48. The maximum absolute atomic E-state index is 11.1. The van der Waals surface area contributed by atoms with Crippen molar-refractivity contribution in [2.24, 2.45) is 0 Å². The molecule has 0 aliphatic rings. The number of ether oxygens (including phenoxy) is 1. The smallest absolute Gasteiger partial charge is 0.448 e. The topological polar surface area (TPSA) is 105 Å². The molecular formula is C10H18O8Si2. The second-order valence-corrected chi connectivity index (χ2v) is 10.7. The molecule has 0 aromatic rings. The van der Waals surface area contributed by atoms with Crippen molar-refractivity contribution in [1.29, 1.82) is 0 Å². The largest absolute Gasteiger partial charge is 0.516 e. The van der Waals surface area contributed by atoms with Crippen LogP contribution in [0.25, 0.3) is 0 Å². The molecule has 1 unspecified atom stereocenters. The Balaban J connectivity index is 4.92. The van der Waals surface area contributed by atoms with Gasteiger partial charge in [-0.2, -0.15) is 0 Å². The molecule has 1 atom stereocenters. The zero-order chi connectivity index (χ0) is 15.8. The van der Waals surface area contributed by atoms with Crippen LogP contribution in [0.5, 0.6) is 0 Å². The normalized spacial score (nSPS) is 13.1. The van der Waals surface area contributed by atoms with Gasteiger partial charge in [-0.25, -0.2) is 0 Å². The van der Waals surface area contributed by atoms with Crippen LogP contribution in [-0.2, 0) is 37.2 Å². The first kappa shape index (κ1) is 18.3. The van der Waals surface area contributed by atoms with Crippen LogP contribution < -0.4 is 0 Å². The van der Waals surface area contributed by atoms with Gasteiger partial charge in [0.2, 0.25) is 0 Å². The zero-order valence-electron chi connectivity index (χ0n) is 11.8. The summed E-state index contributed by atoms with van der Waals surface area (Å²) in [4.78, 5) is 43.4. The molecule has 0 aliphatic carbocycles. The van der Waals surface area contributed by atoms with Crippen LogP contribution in [0, 0.1) is 0 Å². The minimum atomic E-state index is -2.83. The fraction of sp³-hybridized carbons (Fsp3) is 0.600. The average Bonchev–Trinajstić information content (AvgIpc) is 2.23. The van der Waals surface area contributed by atoms with E-state index in [0.717, 1.165) is 0 Å². The van der Waals surface area contributed by atoms with Crippen LogP contribution in [0.1, 0.15) is 20.8 Å². The van der Waals surface area contributed by atoms with Crippen molar-refractivity contribution in [1.82, 2.24) is 0 Å². The third-order valence-corrected chi connectivity index (χ3v) is 9.58. The molecular weight excluding hydrogens is 304 g/mol. The highest BCUT2D eigenvalue weighted by Crippen LogP contribution is 2.16. The van der Waals surface area contributed by atoms with Gasteiger partial charge in [0.15, 0.2) is 0 Å². The summed E-state index contributed by atoms with van der Waals surface area (Å²) in [5, 5.41) is 0. The molecule has 0 saturated carbocycles. The van der Waals surface area contributed by atoms with E-state index in [0.29, 0.717) is 0 Å². The Bertz CT molecular complexity index is 369. The van der Waals surface area contributed by atoms with Gasteiger partial charge in [-0.15, -0.1) is 0 Å². The highest BCUT2D eigenvalue weighted by atomic mass is 28.4. The first-order valence-electron chi connectivity index (χ1n) is 5.78.